The fourth-order valence-corrected chi connectivity index (χ4v) is 6.63. The molecule has 0 fully saturated rings. The second-order valence-electron chi connectivity index (χ2n) is 10.1. The van der Waals surface area contributed by atoms with Gasteiger partial charge in [0.05, 0.1) is 17.7 Å². The summed E-state index contributed by atoms with van der Waals surface area (Å²) in [5.41, 5.74) is 2.41. The number of anilines is 1. The molecule has 0 bridgehead atoms. The van der Waals surface area contributed by atoms with Crippen LogP contribution in [0.25, 0.3) is 0 Å². The highest BCUT2D eigenvalue weighted by Gasteiger charge is 2.35. The molecule has 11 heteroatoms. The Bertz CT molecular complexity index is 1720. The van der Waals surface area contributed by atoms with Crippen molar-refractivity contribution in [2.24, 2.45) is 0 Å². The van der Waals surface area contributed by atoms with Crippen LogP contribution in [0, 0.1) is 6.92 Å². The van der Waals surface area contributed by atoms with Gasteiger partial charge in [-0.25, -0.2) is 8.42 Å². The molecular formula is C33H33Cl2N3O5S. The Hall–Kier alpha value is -4.05. The van der Waals surface area contributed by atoms with Crippen molar-refractivity contribution in [3.8, 4) is 5.75 Å². The Morgan fingerprint density at radius 3 is 2.20 bits per heavy atom. The molecule has 0 aliphatic heterocycles. The van der Waals surface area contributed by atoms with E-state index in [9.17, 15) is 18.0 Å². The summed E-state index contributed by atoms with van der Waals surface area (Å²) in [6, 6.07) is 26.0. The molecule has 230 valence electrons. The molecule has 0 aromatic heterocycles. The van der Waals surface area contributed by atoms with Gasteiger partial charge in [0.1, 0.15) is 18.3 Å². The van der Waals surface area contributed by atoms with Gasteiger partial charge in [0, 0.05) is 30.1 Å². The van der Waals surface area contributed by atoms with Gasteiger partial charge in [0.2, 0.25) is 11.8 Å². The number of hydrogen-bond acceptors (Lipinski definition) is 5. The Kier molecular flexibility index (Phi) is 10.9. The molecule has 1 atom stereocenters. The number of para-hydroxylation sites is 2. The second kappa shape index (κ2) is 14.6. The Labute approximate surface area is 268 Å². The van der Waals surface area contributed by atoms with E-state index in [0.717, 1.165) is 15.4 Å². The number of amides is 2. The van der Waals surface area contributed by atoms with E-state index in [1.807, 2.05) is 37.3 Å². The topological polar surface area (TPSA) is 96.0 Å². The Balaban J connectivity index is 1.83. The van der Waals surface area contributed by atoms with E-state index < -0.39 is 34.4 Å². The molecule has 2 amide bonds. The van der Waals surface area contributed by atoms with Gasteiger partial charge in [-0.3, -0.25) is 13.9 Å². The molecule has 0 unspecified atom stereocenters. The molecule has 1 N–H and O–H groups in total. The van der Waals surface area contributed by atoms with Crippen LogP contribution in [0.3, 0.4) is 0 Å². The van der Waals surface area contributed by atoms with Crippen molar-refractivity contribution in [2.75, 3.05) is 25.0 Å². The molecule has 4 rings (SSSR count). The van der Waals surface area contributed by atoms with Crippen LogP contribution in [0.4, 0.5) is 5.69 Å². The maximum absolute atomic E-state index is 14.4. The van der Waals surface area contributed by atoms with E-state index in [-0.39, 0.29) is 29.3 Å². The van der Waals surface area contributed by atoms with Crippen LogP contribution in [-0.2, 0) is 32.6 Å². The molecule has 4 aromatic carbocycles. The number of methoxy groups -OCH3 is 1. The van der Waals surface area contributed by atoms with Gasteiger partial charge in [-0.05, 0) is 54.4 Å². The number of rotatable bonds is 12. The average Bonchev–Trinajstić information content (AvgIpc) is 3.02. The highest BCUT2D eigenvalue weighted by Crippen LogP contribution is 2.33. The Morgan fingerprint density at radius 2 is 1.57 bits per heavy atom. The van der Waals surface area contributed by atoms with Crippen molar-refractivity contribution in [2.45, 2.75) is 30.8 Å². The maximum atomic E-state index is 14.4. The van der Waals surface area contributed by atoms with Gasteiger partial charge in [0.25, 0.3) is 10.0 Å². The quantitative estimate of drug-likeness (QED) is 0.206. The third-order valence-corrected chi connectivity index (χ3v) is 9.48. The number of hydrogen-bond donors (Lipinski definition) is 1. The third kappa shape index (κ3) is 7.72. The zero-order valence-corrected chi connectivity index (χ0v) is 26.9. The molecule has 0 saturated carbocycles. The van der Waals surface area contributed by atoms with E-state index >= 15 is 0 Å². The van der Waals surface area contributed by atoms with Crippen LogP contribution >= 0.6 is 23.2 Å². The standard InChI is InChI=1S/C33H33Cl2N3O5S/c1-23-13-17-27(18-14-23)44(41,42)38(29-11-7-8-12-31(29)43-3)22-32(39)37(21-25-15-16-26(34)20-28(25)35)30(33(40)36-2)19-24-9-5-4-6-10-24/h4-18,20,30H,19,21-22H2,1-3H3,(H,36,40)/t30-/m0/s1. The first-order valence-corrected chi connectivity index (χ1v) is 16.0. The highest BCUT2D eigenvalue weighted by atomic mass is 35.5. The van der Waals surface area contributed by atoms with Crippen molar-refractivity contribution in [3.63, 3.8) is 0 Å². The number of nitrogens with zero attached hydrogens (tertiary/aromatic N) is 2. The SMILES string of the molecule is CNC(=O)[C@H](Cc1ccccc1)N(Cc1ccc(Cl)cc1Cl)C(=O)CN(c1ccccc1OC)S(=O)(=O)c1ccc(C)cc1. The van der Waals surface area contributed by atoms with Gasteiger partial charge in [-0.2, -0.15) is 0 Å². The van der Waals surface area contributed by atoms with Crippen LogP contribution in [0.1, 0.15) is 16.7 Å². The minimum Gasteiger partial charge on any atom is -0.495 e. The number of halogens is 2. The second-order valence-corrected chi connectivity index (χ2v) is 12.8. The van der Waals surface area contributed by atoms with Gasteiger partial charge in [-0.15, -0.1) is 0 Å². The number of ether oxygens (including phenoxy) is 1. The molecule has 8 nitrogen and oxygen atoms in total. The summed E-state index contributed by atoms with van der Waals surface area (Å²) in [6.07, 6.45) is 0.177. The van der Waals surface area contributed by atoms with Gasteiger partial charge >= 0.3 is 0 Å². The summed E-state index contributed by atoms with van der Waals surface area (Å²) in [7, 11) is -1.36. The van der Waals surface area contributed by atoms with E-state index in [1.165, 1.54) is 31.2 Å². The number of carbonyl (C=O) groups is 2. The van der Waals surface area contributed by atoms with Gasteiger partial charge in [0.15, 0.2) is 0 Å². The molecule has 0 saturated heterocycles. The Morgan fingerprint density at radius 1 is 0.909 bits per heavy atom. The third-order valence-electron chi connectivity index (χ3n) is 7.12. The van der Waals surface area contributed by atoms with E-state index in [4.69, 9.17) is 27.9 Å². The van der Waals surface area contributed by atoms with Crippen molar-refractivity contribution in [1.29, 1.82) is 0 Å². The lowest BCUT2D eigenvalue weighted by atomic mass is 10.0. The first-order chi connectivity index (χ1) is 21.0. The molecule has 4 aromatic rings. The number of likely N-dealkylation sites (N-methyl/N-ethyl adjacent to an activating group) is 1. The minimum atomic E-state index is -4.27. The number of nitrogens with one attached hydrogen (secondary N) is 1. The summed E-state index contributed by atoms with van der Waals surface area (Å²) in [4.78, 5) is 29.2. The summed E-state index contributed by atoms with van der Waals surface area (Å²) >= 11 is 12.6. The van der Waals surface area contributed by atoms with E-state index in [2.05, 4.69) is 5.32 Å². The predicted molar refractivity (Wildman–Crippen MR) is 174 cm³/mol. The first-order valence-electron chi connectivity index (χ1n) is 13.8. The largest absolute Gasteiger partial charge is 0.495 e. The average molecular weight is 655 g/mol. The lowest BCUT2D eigenvalue weighted by Gasteiger charge is -2.34. The minimum absolute atomic E-state index is 0.00115. The van der Waals surface area contributed by atoms with Crippen molar-refractivity contribution in [1.82, 2.24) is 10.2 Å². The van der Waals surface area contributed by atoms with E-state index in [1.54, 1.807) is 54.6 Å². The molecular weight excluding hydrogens is 621 g/mol. The van der Waals surface area contributed by atoms with Crippen molar-refractivity contribution >= 4 is 50.7 Å². The molecule has 0 aliphatic rings. The smallest absolute Gasteiger partial charge is 0.264 e. The molecule has 44 heavy (non-hydrogen) atoms. The zero-order valence-electron chi connectivity index (χ0n) is 24.5. The number of benzene rings is 4. The monoisotopic (exact) mass is 653 g/mol. The van der Waals surface area contributed by atoms with Crippen molar-refractivity contribution in [3.05, 3.63) is 124 Å². The van der Waals surface area contributed by atoms with Gasteiger partial charge in [-0.1, -0.05) is 89.4 Å². The molecule has 0 radical (unpaired) electrons. The lowest BCUT2D eigenvalue weighted by molar-refractivity contribution is -0.139. The van der Waals surface area contributed by atoms with Crippen LogP contribution < -0.4 is 14.4 Å². The summed E-state index contributed by atoms with van der Waals surface area (Å²) in [5, 5.41) is 3.37. The first kappa shape index (κ1) is 32.9. The number of aryl methyl sites for hydroxylation is 1. The van der Waals surface area contributed by atoms with E-state index in [0.29, 0.717) is 15.6 Å². The number of carbonyl (C=O) groups excluding carboxylic acids is 2. The van der Waals surface area contributed by atoms with Crippen molar-refractivity contribution < 1.29 is 22.7 Å². The zero-order chi connectivity index (χ0) is 31.9. The molecule has 0 aliphatic carbocycles. The number of sulfonamides is 1. The maximum Gasteiger partial charge on any atom is 0.264 e. The lowest BCUT2D eigenvalue weighted by Crippen LogP contribution is -2.53. The van der Waals surface area contributed by atoms with Crippen LogP contribution in [0.2, 0.25) is 10.0 Å². The van der Waals surface area contributed by atoms with Crippen LogP contribution in [0.5, 0.6) is 5.75 Å². The van der Waals surface area contributed by atoms with Crippen LogP contribution in [-0.4, -0.2) is 51.9 Å². The van der Waals surface area contributed by atoms with Crippen LogP contribution in [0.15, 0.2) is 102 Å². The molecule has 0 spiro atoms. The fraction of sp³-hybridized carbons (Fsp3) is 0.212. The summed E-state index contributed by atoms with van der Waals surface area (Å²) in [6.45, 7) is 1.15. The summed E-state index contributed by atoms with van der Waals surface area (Å²) in [5.74, 6) is -0.782. The summed E-state index contributed by atoms with van der Waals surface area (Å²) < 4.78 is 34.8. The fourth-order valence-electron chi connectivity index (χ4n) is 4.74. The normalized spacial score (nSPS) is 11.8. The highest BCUT2D eigenvalue weighted by molar-refractivity contribution is 7.92. The molecule has 0 heterocycles. The predicted octanol–water partition coefficient (Wildman–Crippen LogP) is 5.89. The van der Waals surface area contributed by atoms with Gasteiger partial charge < -0.3 is 15.0 Å².